The van der Waals surface area contributed by atoms with Gasteiger partial charge in [0.15, 0.2) is 23.3 Å². The first kappa shape index (κ1) is 13.8. The third kappa shape index (κ3) is 1.96. The molecule has 96 valence electrons. The Morgan fingerprint density at radius 1 is 0.833 bits per heavy atom. The quantitative estimate of drug-likeness (QED) is 0.173. The molecule has 8 heteroatoms. The zero-order chi connectivity index (χ0) is 14.2. The van der Waals surface area contributed by atoms with E-state index in [1.54, 1.807) is 0 Å². The third-order valence-electron chi connectivity index (χ3n) is 1.97. The van der Waals surface area contributed by atoms with Gasteiger partial charge in [-0.3, -0.25) is 4.79 Å². The minimum absolute atomic E-state index is 1.32. The largest absolute Gasteiger partial charge is 0.478 e. The van der Waals surface area contributed by atoms with Crippen molar-refractivity contribution in [3.8, 4) is 0 Å². The van der Waals surface area contributed by atoms with Gasteiger partial charge in [-0.1, -0.05) is 6.58 Å². The number of benzene rings is 1. The summed E-state index contributed by atoms with van der Waals surface area (Å²) in [4.78, 5) is 21.6. The van der Waals surface area contributed by atoms with Crippen LogP contribution in [-0.2, 0) is 4.79 Å². The molecule has 0 aliphatic rings. The number of carboxylic acid groups (broad SMARTS) is 1. The second kappa shape index (κ2) is 4.55. The van der Waals surface area contributed by atoms with E-state index in [2.05, 4.69) is 6.58 Å². The van der Waals surface area contributed by atoms with Crippen LogP contribution in [-0.4, -0.2) is 16.9 Å². The Morgan fingerprint density at radius 3 is 1.50 bits per heavy atom. The highest BCUT2D eigenvalue weighted by Crippen LogP contribution is 2.24. The topological polar surface area (TPSA) is 54.4 Å². The van der Waals surface area contributed by atoms with Crippen molar-refractivity contribution in [2.45, 2.75) is 0 Å². The number of ketones is 1. The maximum Gasteiger partial charge on any atom is 0.339 e. The highest BCUT2D eigenvalue weighted by atomic mass is 19.2. The zero-order valence-corrected chi connectivity index (χ0v) is 8.36. The molecule has 0 saturated carbocycles. The zero-order valence-electron chi connectivity index (χ0n) is 8.36. The summed E-state index contributed by atoms with van der Waals surface area (Å²) in [7, 11) is 0. The van der Waals surface area contributed by atoms with Crippen molar-refractivity contribution in [2.24, 2.45) is 0 Å². The van der Waals surface area contributed by atoms with Crippen molar-refractivity contribution >= 4 is 11.8 Å². The van der Waals surface area contributed by atoms with Gasteiger partial charge in [0.2, 0.25) is 11.6 Å². The predicted octanol–water partition coefficient (Wildman–Crippen LogP) is 2.21. The number of halogens is 5. The Labute approximate surface area is 96.1 Å². The van der Waals surface area contributed by atoms with Crippen molar-refractivity contribution in [3.63, 3.8) is 0 Å². The van der Waals surface area contributed by atoms with E-state index in [0.29, 0.717) is 0 Å². The van der Waals surface area contributed by atoms with Crippen molar-refractivity contribution in [2.75, 3.05) is 0 Å². The Morgan fingerprint density at radius 2 is 1.17 bits per heavy atom. The molecular weight excluding hydrogens is 263 g/mol. The lowest BCUT2D eigenvalue weighted by molar-refractivity contribution is -0.132. The second-order valence-corrected chi connectivity index (χ2v) is 3.06. The highest BCUT2D eigenvalue weighted by Gasteiger charge is 2.32. The van der Waals surface area contributed by atoms with Crippen LogP contribution in [0.15, 0.2) is 12.2 Å². The summed E-state index contributed by atoms with van der Waals surface area (Å²) in [5.41, 5.74) is -3.17. The Hall–Kier alpha value is -2.25. The number of carbonyl (C=O) groups excluding carboxylic acids is 1. The first-order chi connectivity index (χ1) is 8.20. The summed E-state index contributed by atoms with van der Waals surface area (Å²) < 4.78 is 64.3. The molecule has 3 nitrogen and oxygen atoms in total. The van der Waals surface area contributed by atoms with Gasteiger partial charge < -0.3 is 5.11 Å². The van der Waals surface area contributed by atoms with Gasteiger partial charge in [0.05, 0.1) is 0 Å². The van der Waals surface area contributed by atoms with Gasteiger partial charge in [0.1, 0.15) is 11.1 Å². The van der Waals surface area contributed by atoms with Crippen molar-refractivity contribution in [1.82, 2.24) is 0 Å². The summed E-state index contributed by atoms with van der Waals surface area (Å²) in [6, 6.07) is 0. The molecule has 18 heavy (non-hydrogen) atoms. The van der Waals surface area contributed by atoms with Crippen molar-refractivity contribution < 1.29 is 36.6 Å². The number of hydrogen-bond donors (Lipinski definition) is 1. The smallest absolute Gasteiger partial charge is 0.339 e. The molecule has 0 aliphatic carbocycles. The minimum Gasteiger partial charge on any atom is -0.478 e. The van der Waals surface area contributed by atoms with Crippen LogP contribution in [0.25, 0.3) is 0 Å². The molecule has 0 saturated heterocycles. The summed E-state index contributed by atoms with van der Waals surface area (Å²) in [6.07, 6.45) is 0. The summed E-state index contributed by atoms with van der Waals surface area (Å²) in [5.74, 6) is -15.8. The fourth-order valence-corrected chi connectivity index (χ4v) is 1.05. The van der Waals surface area contributed by atoms with Gasteiger partial charge >= 0.3 is 5.97 Å². The number of carboxylic acids is 1. The summed E-state index contributed by atoms with van der Waals surface area (Å²) in [6.45, 7) is 2.67. The van der Waals surface area contributed by atoms with E-state index in [-0.39, 0.29) is 0 Å². The van der Waals surface area contributed by atoms with Gasteiger partial charge in [-0.2, -0.15) is 0 Å². The molecule has 1 N–H and O–H groups in total. The van der Waals surface area contributed by atoms with Gasteiger partial charge in [-0.15, -0.1) is 0 Å². The van der Waals surface area contributed by atoms with E-state index in [1.807, 2.05) is 0 Å². The van der Waals surface area contributed by atoms with E-state index in [4.69, 9.17) is 5.11 Å². The second-order valence-electron chi connectivity index (χ2n) is 3.06. The van der Waals surface area contributed by atoms with Crippen molar-refractivity contribution in [3.05, 3.63) is 46.8 Å². The van der Waals surface area contributed by atoms with Crippen LogP contribution in [0.5, 0.6) is 0 Å². The lowest BCUT2D eigenvalue weighted by atomic mass is 10.0. The van der Waals surface area contributed by atoms with E-state index in [0.717, 1.165) is 0 Å². The molecule has 0 spiro atoms. The third-order valence-corrected chi connectivity index (χ3v) is 1.97. The molecule has 0 amide bonds. The van der Waals surface area contributed by atoms with Crippen LogP contribution in [0.1, 0.15) is 10.4 Å². The maximum absolute atomic E-state index is 13.1. The lowest BCUT2D eigenvalue weighted by Gasteiger charge is -2.06. The van der Waals surface area contributed by atoms with Crippen LogP contribution in [0.2, 0.25) is 0 Å². The maximum atomic E-state index is 13.1. The molecule has 1 aromatic rings. The van der Waals surface area contributed by atoms with Crippen LogP contribution >= 0.6 is 0 Å². The van der Waals surface area contributed by atoms with E-state index < -0.39 is 52.0 Å². The van der Waals surface area contributed by atoms with Crippen LogP contribution in [0.3, 0.4) is 0 Å². The average molecular weight is 266 g/mol. The molecule has 1 aromatic carbocycles. The first-order valence-electron chi connectivity index (χ1n) is 4.18. The monoisotopic (exact) mass is 266 g/mol. The van der Waals surface area contributed by atoms with E-state index in [9.17, 15) is 31.5 Å². The number of hydrogen-bond acceptors (Lipinski definition) is 2. The fourth-order valence-electron chi connectivity index (χ4n) is 1.05. The van der Waals surface area contributed by atoms with Crippen LogP contribution < -0.4 is 0 Å². The number of Topliss-reactive ketones (excluding diaryl/α,β-unsaturated/α-hetero) is 1. The molecule has 0 atom stereocenters. The number of rotatable bonds is 3. The lowest BCUT2D eigenvalue weighted by Crippen LogP contribution is -2.18. The first-order valence-corrected chi connectivity index (χ1v) is 4.18. The Bertz CT molecular complexity index is 550. The molecule has 0 radical (unpaired) electrons. The molecule has 0 unspecified atom stereocenters. The molecule has 1 rings (SSSR count). The molecule has 0 fully saturated rings. The van der Waals surface area contributed by atoms with Gasteiger partial charge in [-0.25, -0.2) is 26.7 Å². The fraction of sp³-hybridized carbons (Fsp3) is 0. The minimum atomic E-state index is -2.44. The molecular formula is C10H3F5O3. The van der Waals surface area contributed by atoms with Gasteiger partial charge in [-0.05, 0) is 0 Å². The van der Waals surface area contributed by atoms with Crippen LogP contribution in [0, 0.1) is 29.1 Å². The summed E-state index contributed by atoms with van der Waals surface area (Å²) in [5, 5.41) is 8.36. The SMILES string of the molecule is C=C(C(=O)O)C(=O)c1c(F)c(F)c(F)c(F)c1F. The molecule has 0 heterocycles. The number of aliphatic carboxylic acids is 1. The standard InChI is InChI=1S/C10H3F5O3/c1-2(10(17)18)9(16)3-4(11)6(13)8(15)7(14)5(3)12/h1H2,(H,17,18). The number of carbonyl (C=O) groups is 2. The van der Waals surface area contributed by atoms with Crippen molar-refractivity contribution in [1.29, 1.82) is 0 Å². The van der Waals surface area contributed by atoms with Gasteiger partial charge in [0.25, 0.3) is 0 Å². The average Bonchev–Trinajstić information content (AvgIpc) is 2.32. The molecule has 0 bridgehead atoms. The van der Waals surface area contributed by atoms with E-state index in [1.165, 1.54) is 0 Å². The van der Waals surface area contributed by atoms with Crippen LogP contribution in [0.4, 0.5) is 22.0 Å². The van der Waals surface area contributed by atoms with E-state index >= 15 is 0 Å². The summed E-state index contributed by atoms with van der Waals surface area (Å²) >= 11 is 0. The Balaban J connectivity index is 3.57. The normalized spacial score (nSPS) is 10.3. The Kier molecular flexibility index (Phi) is 3.49. The highest BCUT2D eigenvalue weighted by molar-refractivity contribution is 6.23. The molecule has 0 aliphatic heterocycles. The predicted molar refractivity (Wildman–Crippen MR) is 47.3 cm³/mol. The van der Waals surface area contributed by atoms with Gasteiger partial charge in [0, 0.05) is 0 Å². The molecule has 0 aromatic heterocycles.